The molecule has 0 spiro atoms. The van der Waals surface area contributed by atoms with Crippen molar-refractivity contribution in [2.75, 3.05) is 13.2 Å². The van der Waals surface area contributed by atoms with Crippen molar-refractivity contribution >= 4 is 5.91 Å². The van der Waals surface area contributed by atoms with E-state index in [1.165, 1.54) is 0 Å². The Balaban J connectivity index is 1.55. The Labute approximate surface area is 153 Å². The number of hydrogen-bond acceptors (Lipinski definition) is 3. The molecular weight excluding hydrogens is 326 g/mol. The van der Waals surface area contributed by atoms with Gasteiger partial charge in [-0.3, -0.25) is 4.79 Å². The van der Waals surface area contributed by atoms with Gasteiger partial charge in [0.05, 0.1) is 24.3 Å². The summed E-state index contributed by atoms with van der Waals surface area (Å²) in [6, 6.07) is 19.5. The molecular formula is C21H23N3O2. The molecule has 26 heavy (non-hydrogen) atoms. The van der Waals surface area contributed by atoms with Gasteiger partial charge in [0, 0.05) is 11.3 Å². The molecule has 1 heterocycles. The van der Waals surface area contributed by atoms with Gasteiger partial charge >= 0.3 is 0 Å². The summed E-state index contributed by atoms with van der Waals surface area (Å²) >= 11 is 0. The van der Waals surface area contributed by atoms with Gasteiger partial charge in [0.25, 0.3) is 0 Å². The Kier molecular flexibility index (Phi) is 5.69. The minimum absolute atomic E-state index is 0.0273. The lowest BCUT2D eigenvalue weighted by Gasteiger charge is -2.08. The standard InChI is InChI=1S/C21H23N3O2/c1-16-20(17(2)24(23-16)18-9-5-3-6-10-18)15-21(25)22-13-14-26-19-11-7-4-8-12-19/h3-12H,13-15H2,1-2H3,(H,22,25). The number of carbonyl (C=O) groups excluding carboxylic acids is 1. The summed E-state index contributed by atoms with van der Waals surface area (Å²) in [7, 11) is 0. The second kappa shape index (κ2) is 8.34. The summed E-state index contributed by atoms with van der Waals surface area (Å²) in [4.78, 5) is 12.3. The van der Waals surface area contributed by atoms with Gasteiger partial charge in [-0.05, 0) is 38.1 Å². The molecule has 0 saturated heterocycles. The monoisotopic (exact) mass is 349 g/mol. The van der Waals surface area contributed by atoms with Crippen molar-refractivity contribution in [3.05, 3.63) is 77.6 Å². The molecule has 134 valence electrons. The lowest BCUT2D eigenvalue weighted by Crippen LogP contribution is -2.29. The number of aromatic nitrogens is 2. The molecule has 0 aliphatic carbocycles. The maximum atomic E-state index is 12.3. The van der Waals surface area contributed by atoms with Crippen LogP contribution in [0.5, 0.6) is 5.75 Å². The quantitative estimate of drug-likeness (QED) is 0.666. The number of aryl methyl sites for hydroxylation is 1. The molecule has 5 heteroatoms. The molecule has 0 atom stereocenters. The molecule has 2 aromatic carbocycles. The fourth-order valence-electron chi connectivity index (χ4n) is 2.85. The zero-order chi connectivity index (χ0) is 18.4. The van der Waals surface area contributed by atoms with Crippen LogP contribution in [0, 0.1) is 13.8 Å². The normalized spacial score (nSPS) is 10.5. The molecule has 1 aromatic heterocycles. The minimum atomic E-state index is -0.0273. The predicted octanol–water partition coefficient (Wildman–Crippen LogP) is 3.23. The Morgan fingerprint density at radius 2 is 1.69 bits per heavy atom. The van der Waals surface area contributed by atoms with Gasteiger partial charge in [-0.1, -0.05) is 36.4 Å². The number of nitrogens with zero attached hydrogens (tertiary/aromatic N) is 2. The van der Waals surface area contributed by atoms with Crippen molar-refractivity contribution in [1.82, 2.24) is 15.1 Å². The molecule has 0 bridgehead atoms. The van der Waals surface area contributed by atoms with E-state index in [-0.39, 0.29) is 5.91 Å². The number of hydrogen-bond donors (Lipinski definition) is 1. The Morgan fingerprint density at radius 1 is 1.04 bits per heavy atom. The number of ether oxygens (including phenoxy) is 1. The lowest BCUT2D eigenvalue weighted by atomic mass is 10.1. The summed E-state index contributed by atoms with van der Waals surface area (Å²) in [6.45, 7) is 4.84. The molecule has 0 saturated carbocycles. The van der Waals surface area contributed by atoms with Crippen LogP contribution in [-0.2, 0) is 11.2 Å². The predicted molar refractivity (Wildman–Crippen MR) is 102 cm³/mol. The van der Waals surface area contributed by atoms with Crippen LogP contribution in [0.3, 0.4) is 0 Å². The van der Waals surface area contributed by atoms with E-state index >= 15 is 0 Å². The van der Waals surface area contributed by atoms with Crippen molar-refractivity contribution < 1.29 is 9.53 Å². The molecule has 0 aliphatic rings. The maximum Gasteiger partial charge on any atom is 0.224 e. The first-order chi connectivity index (χ1) is 12.6. The molecule has 1 amide bonds. The highest BCUT2D eigenvalue weighted by Crippen LogP contribution is 2.18. The summed E-state index contributed by atoms with van der Waals surface area (Å²) in [5.74, 6) is 0.776. The van der Waals surface area contributed by atoms with Crippen LogP contribution in [0.15, 0.2) is 60.7 Å². The molecule has 0 unspecified atom stereocenters. The minimum Gasteiger partial charge on any atom is -0.492 e. The van der Waals surface area contributed by atoms with Gasteiger partial charge < -0.3 is 10.1 Å². The maximum absolute atomic E-state index is 12.3. The van der Waals surface area contributed by atoms with E-state index in [2.05, 4.69) is 10.4 Å². The second-order valence-electron chi connectivity index (χ2n) is 6.08. The average molecular weight is 349 g/mol. The molecule has 5 nitrogen and oxygen atoms in total. The smallest absolute Gasteiger partial charge is 0.224 e. The number of rotatable bonds is 7. The average Bonchev–Trinajstić information content (AvgIpc) is 2.95. The third kappa shape index (κ3) is 4.30. The molecule has 0 fully saturated rings. The van der Waals surface area contributed by atoms with Gasteiger partial charge in [0.2, 0.25) is 5.91 Å². The lowest BCUT2D eigenvalue weighted by molar-refractivity contribution is -0.120. The number of amides is 1. The van der Waals surface area contributed by atoms with E-state index in [0.717, 1.165) is 28.4 Å². The number of para-hydroxylation sites is 2. The van der Waals surface area contributed by atoms with E-state index in [9.17, 15) is 4.79 Å². The third-order valence-electron chi connectivity index (χ3n) is 4.22. The van der Waals surface area contributed by atoms with Crippen LogP contribution in [0.2, 0.25) is 0 Å². The van der Waals surface area contributed by atoms with E-state index in [4.69, 9.17) is 4.74 Å². The van der Waals surface area contributed by atoms with Gasteiger partial charge in [0.15, 0.2) is 0 Å². The third-order valence-corrected chi connectivity index (χ3v) is 4.22. The van der Waals surface area contributed by atoms with Crippen LogP contribution in [0.1, 0.15) is 17.0 Å². The van der Waals surface area contributed by atoms with E-state index in [1.54, 1.807) is 0 Å². The Morgan fingerprint density at radius 3 is 2.38 bits per heavy atom. The van der Waals surface area contributed by atoms with Gasteiger partial charge in [-0.15, -0.1) is 0 Å². The van der Waals surface area contributed by atoms with Crippen LogP contribution in [0.25, 0.3) is 5.69 Å². The molecule has 1 N–H and O–H groups in total. The molecule has 0 radical (unpaired) electrons. The largest absolute Gasteiger partial charge is 0.492 e. The summed E-state index contributed by atoms with van der Waals surface area (Å²) < 4.78 is 7.47. The van der Waals surface area contributed by atoms with Crippen molar-refractivity contribution in [3.63, 3.8) is 0 Å². The number of nitrogens with one attached hydrogen (secondary N) is 1. The van der Waals surface area contributed by atoms with Crippen molar-refractivity contribution in [2.45, 2.75) is 20.3 Å². The van der Waals surface area contributed by atoms with E-state index in [1.807, 2.05) is 79.2 Å². The van der Waals surface area contributed by atoms with Crippen LogP contribution in [0.4, 0.5) is 0 Å². The van der Waals surface area contributed by atoms with Crippen molar-refractivity contribution in [1.29, 1.82) is 0 Å². The number of carbonyl (C=O) groups is 1. The zero-order valence-corrected chi connectivity index (χ0v) is 15.1. The highest BCUT2D eigenvalue weighted by atomic mass is 16.5. The zero-order valence-electron chi connectivity index (χ0n) is 15.1. The van der Waals surface area contributed by atoms with Crippen molar-refractivity contribution in [2.24, 2.45) is 0 Å². The number of benzene rings is 2. The van der Waals surface area contributed by atoms with Crippen LogP contribution < -0.4 is 10.1 Å². The first-order valence-corrected chi connectivity index (χ1v) is 8.70. The highest BCUT2D eigenvalue weighted by Gasteiger charge is 2.15. The summed E-state index contributed by atoms with van der Waals surface area (Å²) in [5.41, 5.74) is 3.83. The Bertz CT molecular complexity index is 858. The fraction of sp³-hybridized carbons (Fsp3) is 0.238. The fourth-order valence-corrected chi connectivity index (χ4v) is 2.85. The SMILES string of the molecule is Cc1nn(-c2ccccc2)c(C)c1CC(=O)NCCOc1ccccc1. The first kappa shape index (κ1) is 17.7. The van der Waals surface area contributed by atoms with E-state index < -0.39 is 0 Å². The first-order valence-electron chi connectivity index (χ1n) is 8.70. The van der Waals surface area contributed by atoms with E-state index in [0.29, 0.717) is 19.6 Å². The summed E-state index contributed by atoms with van der Waals surface area (Å²) in [5, 5.41) is 7.49. The highest BCUT2D eigenvalue weighted by molar-refractivity contribution is 5.79. The Hall–Kier alpha value is -3.08. The van der Waals surface area contributed by atoms with Crippen LogP contribution in [-0.4, -0.2) is 28.8 Å². The van der Waals surface area contributed by atoms with Gasteiger partial charge in [0.1, 0.15) is 12.4 Å². The molecule has 3 aromatic rings. The summed E-state index contributed by atoms with van der Waals surface area (Å²) in [6.07, 6.45) is 0.315. The van der Waals surface area contributed by atoms with Gasteiger partial charge in [-0.25, -0.2) is 4.68 Å². The van der Waals surface area contributed by atoms with Gasteiger partial charge in [-0.2, -0.15) is 5.10 Å². The van der Waals surface area contributed by atoms with Crippen molar-refractivity contribution in [3.8, 4) is 11.4 Å². The topological polar surface area (TPSA) is 56.2 Å². The second-order valence-corrected chi connectivity index (χ2v) is 6.08. The molecule has 3 rings (SSSR count). The van der Waals surface area contributed by atoms with Crippen LogP contribution >= 0.6 is 0 Å². The molecule has 0 aliphatic heterocycles.